The van der Waals surface area contributed by atoms with E-state index in [0.717, 1.165) is 31.7 Å². The zero-order valence-electron chi connectivity index (χ0n) is 11.9. The average molecular weight is 274 g/mol. The summed E-state index contributed by atoms with van der Waals surface area (Å²) >= 11 is 0. The number of aryl methyl sites for hydroxylation is 1. The van der Waals surface area contributed by atoms with Gasteiger partial charge >= 0.3 is 0 Å². The van der Waals surface area contributed by atoms with E-state index in [2.05, 4.69) is 0 Å². The van der Waals surface area contributed by atoms with Crippen molar-refractivity contribution in [1.82, 2.24) is 4.90 Å². The number of likely N-dealkylation sites (tertiary alicyclic amines) is 1. The van der Waals surface area contributed by atoms with Crippen LogP contribution in [0.25, 0.3) is 0 Å². The number of ether oxygens (including phenoxy) is 1. The molecule has 108 valence electrons. The first kappa shape index (κ1) is 13.4. The summed E-state index contributed by atoms with van der Waals surface area (Å²) in [6, 6.07) is 8.04. The van der Waals surface area contributed by atoms with Gasteiger partial charge in [0.1, 0.15) is 5.75 Å². The number of amides is 1. The SMILES string of the molecule is Cc1ccc(OCC(=O)N2CC3CCC(N)C3C2)cc1. The molecule has 0 aromatic heterocycles. The molecule has 1 saturated heterocycles. The lowest BCUT2D eigenvalue weighted by Gasteiger charge is -2.19. The third-order valence-corrected chi connectivity index (χ3v) is 4.65. The summed E-state index contributed by atoms with van der Waals surface area (Å²) in [5.74, 6) is 1.93. The fourth-order valence-corrected chi connectivity index (χ4v) is 3.38. The van der Waals surface area contributed by atoms with Gasteiger partial charge in [0.15, 0.2) is 6.61 Å². The Balaban J connectivity index is 1.52. The molecule has 3 rings (SSSR count). The van der Waals surface area contributed by atoms with E-state index >= 15 is 0 Å². The fourth-order valence-electron chi connectivity index (χ4n) is 3.38. The van der Waals surface area contributed by atoms with Crippen LogP contribution >= 0.6 is 0 Å². The van der Waals surface area contributed by atoms with Crippen LogP contribution in [-0.2, 0) is 4.79 Å². The maximum Gasteiger partial charge on any atom is 0.260 e. The van der Waals surface area contributed by atoms with E-state index in [4.69, 9.17) is 10.5 Å². The van der Waals surface area contributed by atoms with Crippen molar-refractivity contribution >= 4 is 5.91 Å². The van der Waals surface area contributed by atoms with E-state index in [0.29, 0.717) is 11.8 Å². The Kier molecular flexibility index (Phi) is 3.66. The van der Waals surface area contributed by atoms with Crippen LogP contribution < -0.4 is 10.5 Å². The van der Waals surface area contributed by atoms with Gasteiger partial charge in [-0.25, -0.2) is 0 Å². The standard InChI is InChI=1S/C16H22N2O2/c1-11-2-5-13(6-3-11)20-10-16(19)18-8-12-4-7-15(17)14(12)9-18/h2-3,5-6,12,14-15H,4,7-10,17H2,1H3. The van der Waals surface area contributed by atoms with Crippen LogP contribution in [0.2, 0.25) is 0 Å². The number of carbonyl (C=O) groups is 1. The summed E-state index contributed by atoms with van der Waals surface area (Å²) in [6.45, 7) is 3.81. The number of nitrogens with zero attached hydrogens (tertiary/aromatic N) is 1. The van der Waals surface area contributed by atoms with Gasteiger partial charge in [0.25, 0.3) is 5.91 Å². The van der Waals surface area contributed by atoms with Crippen molar-refractivity contribution in [3.63, 3.8) is 0 Å². The second-order valence-electron chi connectivity index (χ2n) is 6.07. The molecule has 3 unspecified atom stereocenters. The molecule has 1 aliphatic carbocycles. The Hall–Kier alpha value is -1.55. The topological polar surface area (TPSA) is 55.6 Å². The maximum atomic E-state index is 12.2. The molecule has 1 aromatic rings. The Morgan fingerprint density at radius 3 is 2.75 bits per heavy atom. The maximum absolute atomic E-state index is 12.2. The van der Waals surface area contributed by atoms with Crippen molar-refractivity contribution in [2.75, 3.05) is 19.7 Å². The molecular weight excluding hydrogens is 252 g/mol. The van der Waals surface area contributed by atoms with E-state index in [1.165, 1.54) is 5.56 Å². The Morgan fingerprint density at radius 2 is 2.05 bits per heavy atom. The molecule has 1 aromatic carbocycles. The van der Waals surface area contributed by atoms with Crippen LogP contribution in [0.15, 0.2) is 24.3 Å². The van der Waals surface area contributed by atoms with Gasteiger partial charge in [0, 0.05) is 19.1 Å². The summed E-state index contributed by atoms with van der Waals surface area (Å²) in [5, 5.41) is 0. The first-order valence-electron chi connectivity index (χ1n) is 7.36. The first-order valence-corrected chi connectivity index (χ1v) is 7.36. The predicted octanol–water partition coefficient (Wildman–Crippen LogP) is 1.57. The Morgan fingerprint density at radius 1 is 1.30 bits per heavy atom. The summed E-state index contributed by atoms with van der Waals surface area (Å²) in [7, 11) is 0. The van der Waals surface area contributed by atoms with Gasteiger partial charge in [-0.05, 0) is 43.7 Å². The predicted molar refractivity (Wildman–Crippen MR) is 77.4 cm³/mol. The highest BCUT2D eigenvalue weighted by Crippen LogP contribution is 2.37. The van der Waals surface area contributed by atoms with Gasteiger partial charge in [0.2, 0.25) is 0 Å². The molecule has 1 amide bonds. The van der Waals surface area contributed by atoms with E-state index in [1.54, 1.807) is 0 Å². The van der Waals surface area contributed by atoms with Gasteiger partial charge < -0.3 is 15.4 Å². The molecule has 2 aliphatic rings. The van der Waals surface area contributed by atoms with Gasteiger partial charge in [-0.3, -0.25) is 4.79 Å². The molecule has 4 heteroatoms. The summed E-state index contributed by atoms with van der Waals surface area (Å²) < 4.78 is 5.56. The van der Waals surface area contributed by atoms with E-state index in [-0.39, 0.29) is 18.6 Å². The van der Waals surface area contributed by atoms with Crippen LogP contribution in [0.1, 0.15) is 18.4 Å². The zero-order chi connectivity index (χ0) is 14.1. The molecule has 0 bridgehead atoms. The molecule has 1 aliphatic heterocycles. The third-order valence-electron chi connectivity index (χ3n) is 4.65. The highest BCUT2D eigenvalue weighted by atomic mass is 16.5. The Labute approximate surface area is 119 Å². The van der Waals surface area contributed by atoms with E-state index in [1.807, 2.05) is 36.1 Å². The van der Waals surface area contributed by atoms with Gasteiger partial charge in [-0.1, -0.05) is 17.7 Å². The number of fused-ring (bicyclic) bond motifs is 1. The Bertz CT molecular complexity index is 486. The highest BCUT2D eigenvalue weighted by Gasteiger charge is 2.42. The number of nitrogens with two attached hydrogens (primary N) is 1. The van der Waals surface area contributed by atoms with Crippen molar-refractivity contribution in [1.29, 1.82) is 0 Å². The van der Waals surface area contributed by atoms with Crippen molar-refractivity contribution in [3.05, 3.63) is 29.8 Å². The molecule has 1 heterocycles. The number of rotatable bonds is 3. The van der Waals surface area contributed by atoms with Crippen molar-refractivity contribution in [2.24, 2.45) is 17.6 Å². The highest BCUT2D eigenvalue weighted by molar-refractivity contribution is 5.78. The molecule has 3 atom stereocenters. The molecule has 20 heavy (non-hydrogen) atoms. The van der Waals surface area contributed by atoms with Gasteiger partial charge in [0.05, 0.1) is 0 Å². The minimum Gasteiger partial charge on any atom is -0.484 e. The number of hydrogen-bond donors (Lipinski definition) is 1. The second-order valence-corrected chi connectivity index (χ2v) is 6.07. The van der Waals surface area contributed by atoms with Gasteiger partial charge in [-0.15, -0.1) is 0 Å². The number of hydrogen-bond acceptors (Lipinski definition) is 3. The quantitative estimate of drug-likeness (QED) is 0.910. The van der Waals surface area contributed by atoms with Crippen LogP contribution in [0.4, 0.5) is 0 Å². The minimum absolute atomic E-state index is 0.0761. The lowest BCUT2D eigenvalue weighted by Crippen LogP contribution is -2.36. The van der Waals surface area contributed by atoms with Crippen molar-refractivity contribution in [3.8, 4) is 5.75 Å². The first-order chi connectivity index (χ1) is 9.63. The molecule has 1 saturated carbocycles. The largest absolute Gasteiger partial charge is 0.484 e. The monoisotopic (exact) mass is 274 g/mol. The van der Waals surface area contributed by atoms with Crippen LogP contribution in [0.5, 0.6) is 5.75 Å². The molecule has 4 nitrogen and oxygen atoms in total. The molecular formula is C16H22N2O2. The lowest BCUT2D eigenvalue weighted by molar-refractivity contribution is -0.132. The second kappa shape index (κ2) is 5.44. The lowest BCUT2D eigenvalue weighted by atomic mass is 9.98. The number of carbonyl (C=O) groups excluding carboxylic acids is 1. The summed E-state index contributed by atoms with van der Waals surface area (Å²) in [6.07, 6.45) is 2.27. The van der Waals surface area contributed by atoms with Crippen LogP contribution in [-0.4, -0.2) is 36.5 Å². The van der Waals surface area contributed by atoms with Gasteiger partial charge in [-0.2, -0.15) is 0 Å². The molecule has 0 radical (unpaired) electrons. The van der Waals surface area contributed by atoms with Crippen molar-refractivity contribution in [2.45, 2.75) is 25.8 Å². The smallest absolute Gasteiger partial charge is 0.260 e. The van der Waals surface area contributed by atoms with Crippen molar-refractivity contribution < 1.29 is 9.53 Å². The van der Waals surface area contributed by atoms with E-state index in [9.17, 15) is 4.79 Å². The average Bonchev–Trinajstić information content (AvgIpc) is 3.01. The molecule has 2 N–H and O–H groups in total. The summed E-state index contributed by atoms with van der Waals surface area (Å²) in [5.41, 5.74) is 7.28. The summed E-state index contributed by atoms with van der Waals surface area (Å²) in [4.78, 5) is 14.1. The molecule has 0 spiro atoms. The van der Waals surface area contributed by atoms with E-state index < -0.39 is 0 Å². The zero-order valence-corrected chi connectivity index (χ0v) is 11.9. The van der Waals surface area contributed by atoms with Crippen LogP contribution in [0, 0.1) is 18.8 Å². The fraction of sp³-hybridized carbons (Fsp3) is 0.562. The number of benzene rings is 1. The minimum atomic E-state index is 0.0761. The molecule has 2 fully saturated rings. The van der Waals surface area contributed by atoms with Crippen LogP contribution in [0.3, 0.4) is 0 Å². The normalized spacial score (nSPS) is 28.5. The third kappa shape index (κ3) is 2.66.